The highest BCUT2D eigenvalue weighted by molar-refractivity contribution is 5.76. The van der Waals surface area contributed by atoms with Crippen molar-refractivity contribution in [3.8, 4) is 0 Å². The molecule has 0 bridgehead atoms. The topological polar surface area (TPSA) is 45.5 Å². The van der Waals surface area contributed by atoms with Crippen molar-refractivity contribution in [3.05, 3.63) is 36.3 Å². The van der Waals surface area contributed by atoms with Gasteiger partial charge in [0.15, 0.2) is 0 Å². The van der Waals surface area contributed by atoms with Gasteiger partial charge in [-0.1, -0.05) is 12.2 Å². The predicted molar refractivity (Wildman–Crippen MR) is 74.6 cm³/mol. The molecule has 0 fully saturated rings. The second-order valence-corrected chi connectivity index (χ2v) is 5.27. The highest BCUT2D eigenvalue weighted by Crippen LogP contribution is 2.21. The number of amides is 1. The number of nitrogens with one attached hydrogen (secondary N) is 1. The summed E-state index contributed by atoms with van der Waals surface area (Å²) in [4.78, 5) is 14.0. The van der Waals surface area contributed by atoms with Crippen molar-refractivity contribution in [2.75, 3.05) is 20.6 Å². The summed E-state index contributed by atoms with van der Waals surface area (Å²) in [5, 5.41) is 3.00. The van der Waals surface area contributed by atoms with E-state index in [9.17, 15) is 4.79 Å². The van der Waals surface area contributed by atoms with Crippen LogP contribution in [0.25, 0.3) is 0 Å². The second-order valence-electron chi connectivity index (χ2n) is 5.27. The fourth-order valence-electron chi connectivity index (χ4n) is 2.40. The van der Waals surface area contributed by atoms with Crippen LogP contribution in [0.4, 0.5) is 0 Å². The summed E-state index contributed by atoms with van der Waals surface area (Å²) in [6.07, 6.45) is 8.76. The molecule has 0 spiro atoms. The van der Waals surface area contributed by atoms with E-state index < -0.39 is 0 Å². The minimum absolute atomic E-state index is 0.0815. The van der Waals surface area contributed by atoms with E-state index in [0.29, 0.717) is 18.9 Å². The normalized spacial score (nSPS) is 19.8. The monoisotopic (exact) mass is 262 g/mol. The van der Waals surface area contributed by atoms with Crippen LogP contribution in [0.3, 0.4) is 0 Å². The average Bonchev–Trinajstić information content (AvgIpc) is 3.01. The molecule has 1 aliphatic carbocycles. The summed E-state index contributed by atoms with van der Waals surface area (Å²) in [5.41, 5.74) is 0. The van der Waals surface area contributed by atoms with Crippen molar-refractivity contribution in [1.29, 1.82) is 0 Å². The second kappa shape index (κ2) is 6.57. The maximum atomic E-state index is 11.9. The van der Waals surface area contributed by atoms with Crippen LogP contribution >= 0.6 is 0 Å². The molecule has 0 aliphatic heterocycles. The first-order valence-corrected chi connectivity index (χ1v) is 6.80. The van der Waals surface area contributed by atoms with Gasteiger partial charge in [0, 0.05) is 13.0 Å². The molecule has 1 aromatic heterocycles. The summed E-state index contributed by atoms with van der Waals surface area (Å²) in [6, 6.07) is 3.89. The molecule has 1 N–H and O–H groups in total. The van der Waals surface area contributed by atoms with Crippen LogP contribution in [0.1, 0.15) is 31.1 Å². The zero-order valence-corrected chi connectivity index (χ0v) is 11.6. The van der Waals surface area contributed by atoms with Crippen LogP contribution in [0.5, 0.6) is 0 Å². The summed E-state index contributed by atoms with van der Waals surface area (Å²) in [7, 11) is 3.97. The molecule has 1 aliphatic rings. The molecule has 0 aromatic carbocycles. The van der Waals surface area contributed by atoms with E-state index >= 15 is 0 Å². The first kappa shape index (κ1) is 13.9. The molecule has 0 saturated carbocycles. The number of nitrogens with zero attached hydrogens (tertiary/aromatic N) is 1. The molecule has 4 heteroatoms. The van der Waals surface area contributed by atoms with E-state index in [-0.39, 0.29) is 11.9 Å². The third kappa shape index (κ3) is 3.96. The van der Waals surface area contributed by atoms with Gasteiger partial charge in [0.05, 0.1) is 12.3 Å². The number of furan rings is 1. The zero-order chi connectivity index (χ0) is 13.7. The Kier molecular flexibility index (Phi) is 4.80. The highest BCUT2D eigenvalue weighted by Gasteiger charge is 2.19. The van der Waals surface area contributed by atoms with Crippen molar-refractivity contribution in [1.82, 2.24) is 10.2 Å². The first-order valence-electron chi connectivity index (χ1n) is 6.80. The molecule has 0 saturated heterocycles. The number of carbonyl (C=O) groups is 1. The minimum Gasteiger partial charge on any atom is -0.468 e. The van der Waals surface area contributed by atoms with Crippen molar-refractivity contribution in [2.24, 2.45) is 5.92 Å². The maximum absolute atomic E-state index is 11.9. The Balaban J connectivity index is 1.81. The van der Waals surface area contributed by atoms with Crippen molar-refractivity contribution in [2.45, 2.75) is 25.3 Å². The molecule has 2 atom stereocenters. The maximum Gasteiger partial charge on any atom is 0.220 e. The van der Waals surface area contributed by atoms with Crippen LogP contribution in [-0.2, 0) is 4.79 Å². The van der Waals surface area contributed by atoms with E-state index in [4.69, 9.17) is 4.42 Å². The van der Waals surface area contributed by atoms with Gasteiger partial charge < -0.3 is 9.73 Å². The Hall–Kier alpha value is -1.55. The molecular formula is C15H22N2O2. The molecule has 19 heavy (non-hydrogen) atoms. The van der Waals surface area contributed by atoms with Crippen LogP contribution in [0, 0.1) is 5.92 Å². The largest absolute Gasteiger partial charge is 0.468 e. The number of rotatable bonds is 6. The van der Waals surface area contributed by atoms with Gasteiger partial charge in [-0.05, 0) is 45.0 Å². The lowest BCUT2D eigenvalue weighted by molar-refractivity contribution is -0.121. The van der Waals surface area contributed by atoms with E-state index in [0.717, 1.165) is 18.6 Å². The molecule has 2 rings (SSSR count). The first-order chi connectivity index (χ1) is 9.16. The molecule has 0 unspecified atom stereocenters. The summed E-state index contributed by atoms with van der Waals surface area (Å²) >= 11 is 0. The lowest BCUT2D eigenvalue weighted by atomic mass is 10.0. The quantitative estimate of drug-likeness (QED) is 0.800. The number of allylic oxidation sites excluding steroid dienone is 2. The third-order valence-electron chi connectivity index (χ3n) is 3.55. The molecular weight excluding hydrogens is 240 g/mol. The van der Waals surface area contributed by atoms with Crippen molar-refractivity contribution in [3.63, 3.8) is 0 Å². The molecule has 1 heterocycles. The lowest BCUT2D eigenvalue weighted by Crippen LogP contribution is -2.34. The van der Waals surface area contributed by atoms with Crippen LogP contribution in [-0.4, -0.2) is 31.4 Å². The fourth-order valence-corrected chi connectivity index (χ4v) is 2.40. The number of hydrogen-bond acceptors (Lipinski definition) is 3. The molecule has 1 aromatic rings. The third-order valence-corrected chi connectivity index (χ3v) is 3.55. The van der Waals surface area contributed by atoms with E-state index in [1.165, 1.54) is 0 Å². The van der Waals surface area contributed by atoms with Gasteiger partial charge in [0.25, 0.3) is 0 Å². The van der Waals surface area contributed by atoms with Gasteiger partial charge in [-0.2, -0.15) is 0 Å². The Morgan fingerprint density at radius 1 is 1.58 bits per heavy atom. The van der Waals surface area contributed by atoms with Crippen LogP contribution in [0.2, 0.25) is 0 Å². The van der Waals surface area contributed by atoms with E-state index in [1.54, 1.807) is 6.26 Å². The van der Waals surface area contributed by atoms with Crippen molar-refractivity contribution >= 4 is 5.91 Å². The van der Waals surface area contributed by atoms with Crippen molar-refractivity contribution < 1.29 is 9.21 Å². The molecule has 1 amide bonds. The summed E-state index contributed by atoms with van der Waals surface area (Å²) in [6.45, 7) is 0.579. The Morgan fingerprint density at radius 3 is 3.00 bits per heavy atom. The van der Waals surface area contributed by atoms with Crippen LogP contribution in [0.15, 0.2) is 35.0 Å². The fraction of sp³-hybridized carbons (Fsp3) is 0.533. The Bertz CT molecular complexity index is 423. The smallest absolute Gasteiger partial charge is 0.220 e. The Morgan fingerprint density at radius 2 is 2.42 bits per heavy atom. The number of hydrogen-bond donors (Lipinski definition) is 1. The molecule has 0 radical (unpaired) electrons. The molecule has 104 valence electrons. The lowest BCUT2D eigenvalue weighted by Gasteiger charge is -2.22. The minimum atomic E-state index is 0.0815. The standard InChI is InChI=1S/C15H22N2O2/c1-17(2)13(14-8-5-9-19-14)11-16-15(18)10-12-6-3-4-7-12/h3,5-6,8-9,12-13H,4,7,10-11H2,1-2H3,(H,16,18)/t12-,13-/m0/s1. The van der Waals surface area contributed by atoms with Gasteiger partial charge in [-0.15, -0.1) is 0 Å². The Labute approximate surface area is 114 Å². The van der Waals surface area contributed by atoms with Gasteiger partial charge in [-0.25, -0.2) is 0 Å². The average molecular weight is 262 g/mol. The van der Waals surface area contributed by atoms with Gasteiger partial charge >= 0.3 is 0 Å². The predicted octanol–water partition coefficient (Wildman–Crippen LogP) is 2.35. The summed E-state index contributed by atoms with van der Waals surface area (Å²) in [5.74, 6) is 1.42. The zero-order valence-electron chi connectivity index (χ0n) is 11.6. The molecule has 4 nitrogen and oxygen atoms in total. The number of likely N-dealkylation sites (N-methyl/N-ethyl adjacent to an activating group) is 1. The van der Waals surface area contributed by atoms with Gasteiger partial charge in [-0.3, -0.25) is 9.69 Å². The number of carbonyl (C=O) groups excluding carboxylic acids is 1. The van der Waals surface area contributed by atoms with E-state index in [1.807, 2.05) is 26.2 Å². The van der Waals surface area contributed by atoms with Gasteiger partial charge in [0.1, 0.15) is 5.76 Å². The highest BCUT2D eigenvalue weighted by atomic mass is 16.3. The van der Waals surface area contributed by atoms with E-state index in [2.05, 4.69) is 22.4 Å². The van der Waals surface area contributed by atoms with Gasteiger partial charge in [0.2, 0.25) is 5.91 Å². The van der Waals surface area contributed by atoms with Crippen LogP contribution < -0.4 is 5.32 Å². The summed E-state index contributed by atoms with van der Waals surface area (Å²) < 4.78 is 5.42. The SMILES string of the molecule is CN(C)[C@@H](CNC(=O)C[C@H]1C=CCC1)c1ccco1.